The number of non-ortho nitro benzene ring substituents is 1. The van der Waals surface area contributed by atoms with Crippen LogP contribution in [0.5, 0.6) is 5.75 Å². The van der Waals surface area contributed by atoms with Gasteiger partial charge < -0.3 is 14.2 Å². The van der Waals surface area contributed by atoms with Crippen molar-refractivity contribution in [2.24, 2.45) is 0 Å². The van der Waals surface area contributed by atoms with Gasteiger partial charge in [0.25, 0.3) is 5.69 Å². The molecule has 27 heavy (non-hydrogen) atoms. The Balaban J connectivity index is 2.57. The van der Waals surface area contributed by atoms with Gasteiger partial charge in [-0.3, -0.25) is 25.0 Å². The first-order valence-corrected chi connectivity index (χ1v) is 7.96. The van der Waals surface area contributed by atoms with Crippen LogP contribution in [0.15, 0.2) is 17.7 Å². The Labute approximate surface area is 152 Å². The molecule has 1 unspecified atom stereocenters. The van der Waals surface area contributed by atoms with Crippen LogP contribution in [0.4, 0.5) is 11.4 Å². The van der Waals surface area contributed by atoms with Gasteiger partial charge in [-0.2, -0.15) is 0 Å². The minimum Gasteiger partial charge on any atom is -0.477 e. The monoisotopic (exact) mass is 380 g/mol. The van der Waals surface area contributed by atoms with Gasteiger partial charge in [-0.15, -0.1) is 0 Å². The lowest BCUT2D eigenvalue weighted by Crippen LogP contribution is -2.31. The topological polar surface area (TPSA) is 148 Å². The Morgan fingerprint density at radius 2 is 1.78 bits per heavy atom. The van der Waals surface area contributed by atoms with Gasteiger partial charge in [0.05, 0.1) is 41.1 Å². The highest BCUT2D eigenvalue weighted by Gasteiger charge is 2.36. The number of nitro groups is 2. The average Bonchev–Trinajstić information content (AvgIpc) is 2.60. The van der Waals surface area contributed by atoms with Crippen molar-refractivity contribution < 1.29 is 33.6 Å². The number of carbonyl (C=O) groups is 2. The molecule has 1 aliphatic heterocycles. The minimum absolute atomic E-state index is 0.0286. The van der Waals surface area contributed by atoms with Gasteiger partial charge in [0.15, 0.2) is 0 Å². The summed E-state index contributed by atoms with van der Waals surface area (Å²) in [6.45, 7) is 3.32. The molecule has 0 aromatic heterocycles. The molecule has 0 radical (unpaired) electrons. The number of nitro benzene ring substituents is 2. The fourth-order valence-corrected chi connectivity index (χ4v) is 2.49. The highest BCUT2D eigenvalue weighted by Crippen LogP contribution is 2.41. The van der Waals surface area contributed by atoms with Crippen molar-refractivity contribution in [2.45, 2.75) is 26.4 Å². The number of hydrogen-bond acceptors (Lipinski definition) is 9. The number of hydrogen-bond donors (Lipinski definition) is 0. The third kappa shape index (κ3) is 4.37. The number of esters is 2. The van der Waals surface area contributed by atoms with Gasteiger partial charge >= 0.3 is 17.6 Å². The summed E-state index contributed by atoms with van der Waals surface area (Å²) >= 11 is 0. The van der Waals surface area contributed by atoms with Crippen LogP contribution < -0.4 is 4.74 Å². The van der Waals surface area contributed by atoms with Crippen molar-refractivity contribution in [2.75, 3.05) is 13.2 Å². The van der Waals surface area contributed by atoms with Gasteiger partial charge in [-0.05, 0) is 19.9 Å². The standard InChI is InChI=1S/C16H16N2O9/c1-3-25-14(19)8-13-11(16(20)26-4-2)6-9-5-10(17(21)22)7-12(18(23)24)15(9)27-13/h5-7,13H,3-4,8H2,1-2H3. The van der Waals surface area contributed by atoms with Crippen LogP contribution in [0.3, 0.4) is 0 Å². The van der Waals surface area contributed by atoms with Crippen molar-refractivity contribution >= 4 is 29.4 Å². The molecule has 0 saturated carbocycles. The van der Waals surface area contributed by atoms with E-state index in [1.807, 2.05) is 0 Å². The molecule has 2 rings (SSSR count). The van der Waals surface area contributed by atoms with Crippen LogP contribution >= 0.6 is 0 Å². The molecule has 11 heteroatoms. The molecule has 0 amide bonds. The summed E-state index contributed by atoms with van der Waals surface area (Å²) in [5.41, 5.74) is -1.30. The molecule has 0 bridgehead atoms. The molecule has 0 fully saturated rings. The maximum atomic E-state index is 12.2. The third-order valence-corrected chi connectivity index (χ3v) is 3.58. The molecule has 1 aromatic rings. The second kappa shape index (κ2) is 8.25. The van der Waals surface area contributed by atoms with E-state index in [0.717, 1.165) is 12.1 Å². The van der Waals surface area contributed by atoms with Crippen molar-refractivity contribution in [1.29, 1.82) is 0 Å². The van der Waals surface area contributed by atoms with E-state index in [1.54, 1.807) is 13.8 Å². The summed E-state index contributed by atoms with van der Waals surface area (Å²) in [7, 11) is 0. The molecule has 0 aliphatic carbocycles. The van der Waals surface area contributed by atoms with E-state index >= 15 is 0 Å². The molecule has 1 heterocycles. The van der Waals surface area contributed by atoms with Crippen LogP contribution in [0.1, 0.15) is 25.8 Å². The maximum Gasteiger partial charge on any atom is 0.337 e. The highest BCUT2D eigenvalue weighted by atomic mass is 16.6. The first-order valence-electron chi connectivity index (χ1n) is 7.96. The van der Waals surface area contributed by atoms with Gasteiger partial charge in [-0.25, -0.2) is 4.79 Å². The van der Waals surface area contributed by atoms with Crippen LogP contribution in [-0.2, 0) is 19.1 Å². The minimum atomic E-state index is -1.18. The maximum absolute atomic E-state index is 12.2. The fraction of sp³-hybridized carbons (Fsp3) is 0.375. The SMILES string of the molecule is CCOC(=O)CC1Oc2c(cc([N+](=O)[O-])cc2[N+](=O)[O-])C=C1C(=O)OCC. The van der Waals surface area contributed by atoms with E-state index in [4.69, 9.17) is 14.2 Å². The van der Waals surface area contributed by atoms with Crippen molar-refractivity contribution in [3.63, 3.8) is 0 Å². The van der Waals surface area contributed by atoms with Gasteiger partial charge in [0, 0.05) is 11.6 Å². The molecule has 0 N–H and O–H groups in total. The summed E-state index contributed by atoms with van der Waals surface area (Å²) < 4.78 is 15.3. The lowest BCUT2D eigenvalue weighted by molar-refractivity contribution is -0.394. The Bertz CT molecular complexity index is 831. The zero-order valence-electron chi connectivity index (χ0n) is 14.5. The van der Waals surface area contributed by atoms with E-state index < -0.39 is 39.3 Å². The Hall–Kier alpha value is -3.50. The Morgan fingerprint density at radius 3 is 2.33 bits per heavy atom. The van der Waals surface area contributed by atoms with Crippen LogP contribution in [0.2, 0.25) is 0 Å². The predicted octanol–water partition coefficient (Wildman–Crippen LogP) is 2.16. The normalized spacial score (nSPS) is 15.0. The number of fused-ring (bicyclic) bond motifs is 1. The highest BCUT2D eigenvalue weighted by molar-refractivity contribution is 5.97. The van der Waals surface area contributed by atoms with Gasteiger partial charge in [-0.1, -0.05) is 0 Å². The second-order valence-corrected chi connectivity index (χ2v) is 5.33. The smallest absolute Gasteiger partial charge is 0.337 e. The average molecular weight is 380 g/mol. The van der Waals surface area contributed by atoms with E-state index in [9.17, 15) is 29.8 Å². The van der Waals surface area contributed by atoms with Crippen LogP contribution in [-0.4, -0.2) is 41.1 Å². The number of carbonyl (C=O) groups excluding carboxylic acids is 2. The molecular formula is C16H16N2O9. The largest absolute Gasteiger partial charge is 0.477 e. The predicted molar refractivity (Wildman–Crippen MR) is 90.0 cm³/mol. The molecule has 11 nitrogen and oxygen atoms in total. The lowest BCUT2D eigenvalue weighted by atomic mass is 9.98. The molecule has 144 valence electrons. The summed E-state index contributed by atoms with van der Waals surface area (Å²) in [4.78, 5) is 44.7. The molecule has 1 aromatic carbocycles. The van der Waals surface area contributed by atoms with Crippen molar-refractivity contribution in [1.82, 2.24) is 0 Å². The van der Waals surface area contributed by atoms with E-state index in [0.29, 0.717) is 0 Å². The fourth-order valence-electron chi connectivity index (χ4n) is 2.49. The molecule has 1 atom stereocenters. The molecule has 0 spiro atoms. The number of benzene rings is 1. The molecule has 1 aliphatic rings. The Morgan fingerprint density at radius 1 is 1.11 bits per heavy atom. The lowest BCUT2D eigenvalue weighted by Gasteiger charge is -2.25. The third-order valence-electron chi connectivity index (χ3n) is 3.58. The van der Waals surface area contributed by atoms with E-state index in [-0.39, 0.29) is 36.5 Å². The van der Waals surface area contributed by atoms with E-state index in [1.165, 1.54) is 6.08 Å². The number of ether oxygens (including phenoxy) is 3. The van der Waals surface area contributed by atoms with Crippen molar-refractivity contribution in [3.05, 3.63) is 43.5 Å². The van der Waals surface area contributed by atoms with Crippen LogP contribution in [0.25, 0.3) is 6.08 Å². The zero-order valence-corrected chi connectivity index (χ0v) is 14.5. The number of rotatable bonds is 7. The van der Waals surface area contributed by atoms with Crippen LogP contribution in [0, 0.1) is 20.2 Å². The van der Waals surface area contributed by atoms with E-state index in [2.05, 4.69) is 0 Å². The molecule has 0 saturated heterocycles. The Kier molecular flexibility index (Phi) is 6.06. The molecular weight excluding hydrogens is 364 g/mol. The summed E-state index contributed by atoms with van der Waals surface area (Å²) in [6, 6.07) is 1.80. The summed E-state index contributed by atoms with van der Waals surface area (Å²) in [6.07, 6.45) is -0.372. The quantitative estimate of drug-likeness (QED) is 0.394. The summed E-state index contributed by atoms with van der Waals surface area (Å²) in [5, 5.41) is 22.3. The summed E-state index contributed by atoms with van der Waals surface area (Å²) in [5.74, 6) is -1.75. The number of nitrogens with zero attached hydrogens (tertiary/aromatic N) is 2. The first kappa shape index (κ1) is 19.8. The first-order chi connectivity index (χ1) is 12.8. The van der Waals surface area contributed by atoms with Gasteiger partial charge in [0.2, 0.25) is 5.75 Å². The van der Waals surface area contributed by atoms with Crippen molar-refractivity contribution in [3.8, 4) is 5.75 Å². The van der Waals surface area contributed by atoms with Gasteiger partial charge in [0.1, 0.15) is 6.10 Å². The second-order valence-electron chi connectivity index (χ2n) is 5.33. The zero-order chi connectivity index (χ0) is 20.1.